The van der Waals surface area contributed by atoms with Crippen LogP contribution in [0.1, 0.15) is 12.0 Å². The molecule has 24 heavy (non-hydrogen) atoms. The lowest BCUT2D eigenvalue weighted by atomic mass is 10.1. The Labute approximate surface area is 138 Å². The highest BCUT2D eigenvalue weighted by Crippen LogP contribution is 2.18. The molecule has 0 unspecified atom stereocenters. The fourth-order valence-electron chi connectivity index (χ4n) is 2.03. The van der Waals surface area contributed by atoms with Crippen molar-refractivity contribution in [3.05, 3.63) is 54.9 Å². The third-order valence-electron chi connectivity index (χ3n) is 3.12. The first-order valence-electron chi connectivity index (χ1n) is 6.45. The first-order chi connectivity index (χ1) is 11.2. The number of rotatable bonds is 4. The van der Waals surface area contributed by atoms with Crippen LogP contribution in [0, 0.1) is 0 Å². The van der Waals surface area contributed by atoms with Crippen molar-refractivity contribution < 1.29 is 24.9 Å². The van der Waals surface area contributed by atoms with Gasteiger partial charge in [0.1, 0.15) is 0 Å². The standard InChI is InChI=1S/C15H10ClNO7/c16-7-1-2-8-10(5-7)17-14(22)13(21)9(12(8)20)3-6(15(23)24)4-11(18)19/h1-3,5,21H,4H2,(H,17,22)(H,18,19)(H,23,24). The van der Waals surface area contributed by atoms with E-state index in [0.717, 1.165) is 0 Å². The quantitative estimate of drug-likeness (QED) is 0.605. The summed E-state index contributed by atoms with van der Waals surface area (Å²) in [6.07, 6.45) is -0.216. The zero-order valence-corrected chi connectivity index (χ0v) is 12.6. The predicted molar refractivity (Wildman–Crippen MR) is 85.4 cm³/mol. The van der Waals surface area contributed by atoms with Crippen LogP contribution in [0.25, 0.3) is 17.0 Å². The average molecular weight is 352 g/mol. The summed E-state index contributed by atoms with van der Waals surface area (Å²) in [6.45, 7) is 0. The molecule has 0 aliphatic heterocycles. The van der Waals surface area contributed by atoms with Gasteiger partial charge in [0.15, 0.2) is 11.2 Å². The van der Waals surface area contributed by atoms with Gasteiger partial charge in [0.2, 0.25) is 0 Å². The zero-order valence-electron chi connectivity index (χ0n) is 11.9. The van der Waals surface area contributed by atoms with Crippen molar-refractivity contribution in [1.29, 1.82) is 0 Å². The second-order valence-electron chi connectivity index (χ2n) is 4.78. The Bertz CT molecular complexity index is 1010. The molecule has 0 bridgehead atoms. The van der Waals surface area contributed by atoms with Crippen LogP contribution >= 0.6 is 11.6 Å². The van der Waals surface area contributed by atoms with E-state index < -0.39 is 46.2 Å². The number of H-pyrrole nitrogens is 1. The van der Waals surface area contributed by atoms with Gasteiger partial charge in [0, 0.05) is 16.0 Å². The molecule has 2 aromatic rings. The molecule has 0 amide bonds. The van der Waals surface area contributed by atoms with Crippen LogP contribution in [0.15, 0.2) is 33.4 Å². The van der Waals surface area contributed by atoms with Gasteiger partial charge in [-0.2, -0.15) is 0 Å². The smallest absolute Gasteiger partial charge is 0.332 e. The number of carboxylic acids is 2. The Balaban J connectivity index is 2.91. The number of aromatic amines is 1. The summed E-state index contributed by atoms with van der Waals surface area (Å²) in [5.41, 5.74) is -3.13. The van der Waals surface area contributed by atoms with Gasteiger partial charge in [-0.25, -0.2) is 4.79 Å². The molecule has 0 aliphatic rings. The number of aliphatic carboxylic acids is 2. The fraction of sp³-hybridized carbons (Fsp3) is 0.0667. The number of carbonyl (C=O) groups is 2. The highest BCUT2D eigenvalue weighted by molar-refractivity contribution is 6.31. The monoisotopic (exact) mass is 351 g/mol. The maximum atomic E-state index is 12.5. The highest BCUT2D eigenvalue weighted by atomic mass is 35.5. The molecule has 0 radical (unpaired) electrons. The minimum atomic E-state index is -1.59. The SMILES string of the molecule is O=C(O)CC(=Cc1c(O)c(=O)[nH]c2cc(Cl)ccc2c1=O)C(=O)O. The molecule has 0 atom stereocenters. The summed E-state index contributed by atoms with van der Waals surface area (Å²) in [4.78, 5) is 48.5. The summed E-state index contributed by atoms with van der Waals surface area (Å²) in [6, 6.07) is 3.97. The Kier molecular flexibility index (Phi) is 4.70. The maximum Gasteiger partial charge on any atom is 0.332 e. The molecule has 2 rings (SSSR count). The molecular weight excluding hydrogens is 342 g/mol. The largest absolute Gasteiger partial charge is 0.503 e. The lowest BCUT2D eigenvalue weighted by Crippen LogP contribution is -2.10. The zero-order chi connectivity index (χ0) is 18.0. The molecule has 0 saturated carbocycles. The summed E-state index contributed by atoms with van der Waals surface area (Å²) in [5.74, 6) is -4.05. The van der Waals surface area contributed by atoms with Crippen molar-refractivity contribution in [3.63, 3.8) is 0 Å². The summed E-state index contributed by atoms with van der Waals surface area (Å²) in [7, 11) is 0. The van der Waals surface area contributed by atoms with E-state index in [1.807, 2.05) is 0 Å². The van der Waals surface area contributed by atoms with Crippen molar-refractivity contribution in [1.82, 2.24) is 4.98 Å². The number of hydrogen-bond acceptors (Lipinski definition) is 5. The van der Waals surface area contributed by atoms with E-state index in [4.69, 9.17) is 21.8 Å². The molecule has 1 aromatic carbocycles. The number of benzene rings is 1. The van der Waals surface area contributed by atoms with Gasteiger partial charge < -0.3 is 20.3 Å². The molecule has 0 fully saturated rings. The van der Waals surface area contributed by atoms with Crippen molar-refractivity contribution in [2.45, 2.75) is 6.42 Å². The average Bonchev–Trinajstić information content (AvgIpc) is 2.56. The third-order valence-corrected chi connectivity index (χ3v) is 3.36. The Hall–Kier alpha value is -3.13. The molecule has 4 N–H and O–H groups in total. The molecule has 0 spiro atoms. The summed E-state index contributed by atoms with van der Waals surface area (Å²) >= 11 is 5.79. The van der Waals surface area contributed by atoms with Crippen LogP contribution in [0.5, 0.6) is 5.75 Å². The Morgan fingerprint density at radius 2 is 1.88 bits per heavy atom. The van der Waals surface area contributed by atoms with Gasteiger partial charge in [-0.1, -0.05) is 11.6 Å². The van der Waals surface area contributed by atoms with E-state index in [9.17, 15) is 24.3 Å². The highest BCUT2D eigenvalue weighted by Gasteiger charge is 2.17. The number of aromatic nitrogens is 1. The molecule has 9 heteroatoms. The minimum absolute atomic E-state index is 0.0249. The van der Waals surface area contributed by atoms with Crippen molar-refractivity contribution in [3.8, 4) is 5.75 Å². The maximum absolute atomic E-state index is 12.5. The van der Waals surface area contributed by atoms with Gasteiger partial charge in [0.25, 0.3) is 5.56 Å². The summed E-state index contributed by atoms with van der Waals surface area (Å²) < 4.78 is 0. The van der Waals surface area contributed by atoms with Crippen LogP contribution in [-0.2, 0) is 9.59 Å². The molecular formula is C15H10ClNO7. The van der Waals surface area contributed by atoms with Gasteiger partial charge in [-0.05, 0) is 24.3 Å². The van der Waals surface area contributed by atoms with Crippen LogP contribution in [0.3, 0.4) is 0 Å². The molecule has 0 aliphatic carbocycles. The van der Waals surface area contributed by atoms with E-state index in [0.29, 0.717) is 6.08 Å². The molecule has 8 nitrogen and oxygen atoms in total. The van der Waals surface area contributed by atoms with Gasteiger partial charge in [0.05, 0.1) is 17.5 Å². The molecule has 1 aromatic heterocycles. The van der Waals surface area contributed by atoms with E-state index >= 15 is 0 Å². The van der Waals surface area contributed by atoms with Crippen molar-refractivity contribution in [2.75, 3.05) is 0 Å². The van der Waals surface area contributed by atoms with E-state index in [-0.39, 0.29) is 15.9 Å². The topological polar surface area (TPSA) is 145 Å². The lowest BCUT2D eigenvalue weighted by molar-refractivity contribution is -0.139. The molecule has 0 saturated heterocycles. The van der Waals surface area contributed by atoms with Gasteiger partial charge >= 0.3 is 11.9 Å². The first kappa shape index (κ1) is 17.2. The van der Waals surface area contributed by atoms with Crippen LogP contribution < -0.4 is 11.0 Å². The number of halogens is 1. The number of hydrogen-bond donors (Lipinski definition) is 4. The van der Waals surface area contributed by atoms with E-state index in [2.05, 4.69) is 4.98 Å². The summed E-state index contributed by atoms with van der Waals surface area (Å²) in [5, 5.41) is 27.9. The van der Waals surface area contributed by atoms with Gasteiger partial charge in [-0.3, -0.25) is 14.4 Å². The third kappa shape index (κ3) is 3.44. The minimum Gasteiger partial charge on any atom is -0.503 e. The number of fused-ring (bicyclic) bond motifs is 1. The van der Waals surface area contributed by atoms with E-state index in [1.54, 1.807) is 0 Å². The second kappa shape index (κ2) is 6.55. The number of nitrogens with one attached hydrogen (secondary N) is 1. The van der Waals surface area contributed by atoms with E-state index in [1.165, 1.54) is 18.2 Å². The normalized spacial score (nSPS) is 11.5. The lowest BCUT2D eigenvalue weighted by Gasteiger charge is -1.99. The van der Waals surface area contributed by atoms with Crippen LogP contribution in [0.2, 0.25) is 5.02 Å². The second-order valence-corrected chi connectivity index (χ2v) is 5.22. The van der Waals surface area contributed by atoms with Crippen molar-refractivity contribution >= 4 is 40.5 Å². The molecule has 1 heterocycles. The van der Waals surface area contributed by atoms with Crippen LogP contribution in [0.4, 0.5) is 0 Å². The Morgan fingerprint density at radius 3 is 2.46 bits per heavy atom. The Morgan fingerprint density at radius 1 is 1.21 bits per heavy atom. The molecule has 124 valence electrons. The van der Waals surface area contributed by atoms with Crippen molar-refractivity contribution in [2.24, 2.45) is 0 Å². The fourth-order valence-corrected chi connectivity index (χ4v) is 2.21. The number of aromatic hydroxyl groups is 1. The first-order valence-corrected chi connectivity index (χ1v) is 6.83. The van der Waals surface area contributed by atoms with Crippen LogP contribution in [-0.4, -0.2) is 32.2 Å². The van der Waals surface area contributed by atoms with Gasteiger partial charge in [-0.15, -0.1) is 0 Å². The number of carboxylic acid groups (broad SMARTS) is 2. The predicted octanol–water partition coefficient (Wildman–Crippen LogP) is 1.19.